The van der Waals surface area contributed by atoms with Gasteiger partial charge in [-0.05, 0) is 54.8 Å². The van der Waals surface area contributed by atoms with E-state index in [0.717, 1.165) is 12.0 Å². The van der Waals surface area contributed by atoms with Crippen LogP contribution < -0.4 is 11.3 Å². The molecule has 1 aliphatic heterocycles. The maximum atomic E-state index is 13.7. The molecular weight excluding hydrogens is 464 g/mol. The third-order valence-corrected chi connectivity index (χ3v) is 6.69. The van der Waals surface area contributed by atoms with E-state index in [1.165, 1.54) is 0 Å². The summed E-state index contributed by atoms with van der Waals surface area (Å²) in [6.07, 6.45) is 1.50. The molecule has 1 atom stereocenters. The molecule has 1 aliphatic rings. The molecule has 0 saturated carbocycles. The van der Waals surface area contributed by atoms with Gasteiger partial charge in [0.2, 0.25) is 5.91 Å². The molecule has 1 aromatic heterocycles. The third-order valence-electron chi connectivity index (χ3n) is 6.37. The molecule has 2 heterocycles. The molecule has 7 nitrogen and oxygen atoms in total. The summed E-state index contributed by atoms with van der Waals surface area (Å²) in [5, 5.41) is 0.665. The van der Waals surface area contributed by atoms with E-state index in [0.29, 0.717) is 45.8 Å². The third kappa shape index (κ3) is 4.31. The molecule has 8 heteroatoms. The summed E-state index contributed by atoms with van der Waals surface area (Å²) >= 11 is 6.39. The minimum atomic E-state index is -0.519. The maximum Gasteiger partial charge on any atom is 0.263 e. The van der Waals surface area contributed by atoms with Gasteiger partial charge in [0.05, 0.1) is 28.5 Å². The second kappa shape index (κ2) is 9.35. The van der Waals surface area contributed by atoms with Gasteiger partial charge in [0.1, 0.15) is 5.82 Å². The topological polar surface area (TPSA) is 98.3 Å². The summed E-state index contributed by atoms with van der Waals surface area (Å²) in [5.41, 5.74) is 7.37. The van der Waals surface area contributed by atoms with Crippen molar-refractivity contribution >= 4 is 34.3 Å². The van der Waals surface area contributed by atoms with Crippen molar-refractivity contribution in [1.29, 1.82) is 0 Å². The summed E-state index contributed by atoms with van der Waals surface area (Å²) < 4.78 is 1.59. The number of halogens is 1. The van der Waals surface area contributed by atoms with E-state index in [-0.39, 0.29) is 24.1 Å². The van der Waals surface area contributed by atoms with Gasteiger partial charge in [-0.25, -0.2) is 4.98 Å². The Kier molecular flexibility index (Phi) is 6.09. The molecule has 2 N–H and O–H groups in total. The molecule has 0 aliphatic carbocycles. The standard InChI is InChI=1S/C27H23ClN4O3/c28-20-8-4-9-21-23(20)27(35)32(16-17-11-13-18(14-12-17)24(29)33)25(30-21)22-10-5-15-31(22)26(34)19-6-2-1-3-7-19/h1-4,6-9,11-14,22H,5,10,15-16H2,(H2,29,33)/t22-/m0/s1. The Morgan fingerprint density at radius 3 is 2.43 bits per heavy atom. The smallest absolute Gasteiger partial charge is 0.263 e. The Bertz CT molecular complexity index is 1480. The summed E-state index contributed by atoms with van der Waals surface area (Å²) in [6.45, 7) is 0.792. The molecule has 1 fully saturated rings. The summed E-state index contributed by atoms with van der Waals surface area (Å²) in [5.74, 6) is -0.0917. The van der Waals surface area contributed by atoms with Gasteiger partial charge >= 0.3 is 0 Å². The monoisotopic (exact) mass is 486 g/mol. The van der Waals surface area contributed by atoms with Crippen molar-refractivity contribution in [1.82, 2.24) is 14.5 Å². The molecule has 1 saturated heterocycles. The highest BCUT2D eigenvalue weighted by molar-refractivity contribution is 6.35. The van der Waals surface area contributed by atoms with Gasteiger partial charge in [0, 0.05) is 17.7 Å². The van der Waals surface area contributed by atoms with E-state index in [9.17, 15) is 14.4 Å². The summed E-state index contributed by atoms with van der Waals surface area (Å²) in [7, 11) is 0. The number of carbonyl (C=O) groups is 2. The minimum Gasteiger partial charge on any atom is -0.366 e. The fraction of sp³-hybridized carbons (Fsp3) is 0.185. The van der Waals surface area contributed by atoms with E-state index in [4.69, 9.17) is 22.3 Å². The van der Waals surface area contributed by atoms with Gasteiger partial charge in [-0.1, -0.05) is 48.0 Å². The van der Waals surface area contributed by atoms with Crippen LogP contribution in [0.1, 0.15) is 51.0 Å². The highest BCUT2D eigenvalue weighted by Gasteiger charge is 2.34. The molecule has 35 heavy (non-hydrogen) atoms. The second-order valence-corrected chi connectivity index (χ2v) is 8.99. The van der Waals surface area contributed by atoms with Crippen molar-refractivity contribution < 1.29 is 9.59 Å². The van der Waals surface area contributed by atoms with Crippen LogP contribution in [0, 0.1) is 0 Å². The van der Waals surface area contributed by atoms with Crippen molar-refractivity contribution in [3.8, 4) is 0 Å². The first-order valence-electron chi connectivity index (χ1n) is 11.4. The van der Waals surface area contributed by atoms with Crippen molar-refractivity contribution in [2.75, 3.05) is 6.54 Å². The average Bonchev–Trinajstić information content (AvgIpc) is 3.35. The highest BCUT2D eigenvalue weighted by atomic mass is 35.5. The number of hydrogen-bond acceptors (Lipinski definition) is 4. The van der Waals surface area contributed by atoms with Crippen LogP contribution >= 0.6 is 11.6 Å². The van der Waals surface area contributed by atoms with Crippen LogP contribution in [0.15, 0.2) is 77.6 Å². The second-order valence-electron chi connectivity index (χ2n) is 8.58. The van der Waals surface area contributed by atoms with Crippen LogP contribution in [-0.2, 0) is 6.54 Å². The average molecular weight is 487 g/mol. The Balaban J connectivity index is 1.63. The first-order chi connectivity index (χ1) is 16.9. The van der Waals surface area contributed by atoms with Crippen LogP contribution in [-0.4, -0.2) is 32.8 Å². The van der Waals surface area contributed by atoms with Gasteiger partial charge in [0.25, 0.3) is 11.5 Å². The lowest BCUT2D eigenvalue weighted by atomic mass is 10.1. The molecule has 176 valence electrons. The van der Waals surface area contributed by atoms with Crippen molar-refractivity contribution in [2.24, 2.45) is 5.73 Å². The van der Waals surface area contributed by atoms with E-state index < -0.39 is 5.91 Å². The maximum absolute atomic E-state index is 13.7. The number of amides is 2. The van der Waals surface area contributed by atoms with E-state index >= 15 is 0 Å². The number of primary amides is 1. The molecule has 3 aromatic carbocycles. The van der Waals surface area contributed by atoms with E-state index in [1.807, 2.05) is 18.2 Å². The highest BCUT2D eigenvalue weighted by Crippen LogP contribution is 2.33. The number of nitrogens with zero attached hydrogens (tertiary/aromatic N) is 3. The Morgan fingerprint density at radius 2 is 1.71 bits per heavy atom. The number of rotatable bonds is 5. The quantitative estimate of drug-likeness (QED) is 0.457. The molecule has 2 amide bonds. The van der Waals surface area contributed by atoms with Gasteiger partial charge in [0.15, 0.2) is 0 Å². The Morgan fingerprint density at radius 1 is 0.971 bits per heavy atom. The largest absolute Gasteiger partial charge is 0.366 e. The van der Waals surface area contributed by atoms with Gasteiger partial charge in [-0.15, -0.1) is 0 Å². The number of benzene rings is 3. The van der Waals surface area contributed by atoms with Crippen LogP contribution in [0.2, 0.25) is 5.02 Å². The molecular formula is C27H23ClN4O3. The Labute approximate surface area is 206 Å². The SMILES string of the molecule is NC(=O)c1ccc(Cn2c([C@@H]3CCCN3C(=O)c3ccccc3)nc3cccc(Cl)c3c2=O)cc1. The zero-order valence-corrected chi connectivity index (χ0v) is 19.6. The molecule has 0 spiro atoms. The van der Waals surface area contributed by atoms with Crippen LogP contribution in [0.25, 0.3) is 10.9 Å². The predicted octanol–water partition coefficient (Wildman–Crippen LogP) is 4.17. The van der Waals surface area contributed by atoms with Gasteiger partial charge < -0.3 is 10.6 Å². The lowest BCUT2D eigenvalue weighted by molar-refractivity contribution is 0.0726. The Hall–Kier alpha value is -3.97. The molecule has 0 bridgehead atoms. The molecule has 0 unspecified atom stereocenters. The lowest BCUT2D eigenvalue weighted by Gasteiger charge is -2.27. The number of likely N-dealkylation sites (tertiary alicyclic amines) is 1. The zero-order valence-electron chi connectivity index (χ0n) is 18.9. The van der Waals surface area contributed by atoms with Crippen LogP contribution in [0.4, 0.5) is 0 Å². The summed E-state index contributed by atoms with van der Waals surface area (Å²) in [6, 6.07) is 20.7. The number of fused-ring (bicyclic) bond motifs is 1. The molecule has 5 rings (SSSR count). The number of hydrogen-bond donors (Lipinski definition) is 1. The molecule has 0 radical (unpaired) electrons. The number of nitrogens with two attached hydrogens (primary N) is 1. The minimum absolute atomic E-state index is 0.0918. The van der Waals surface area contributed by atoms with Crippen molar-refractivity contribution in [2.45, 2.75) is 25.4 Å². The predicted molar refractivity (Wildman–Crippen MR) is 135 cm³/mol. The van der Waals surface area contributed by atoms with E-state index in [2.05, 4.69) is 0 Å². The van der Waals surface area contributed by atoms with Crippen molar-refractivity contribution in [3.63, 3.8) is 0 Å². The summed E-state index contributed by atoms with van der Waals surface area (Å²) in [4.78, 5) is 45.2. The number of aromatic nitrogens is 2. The van der Waals surface area contributed by atoms with Crippen molar-refractivity contribution in [3.05, 3.63) is 111 Å². The van der Waals surface area contributed by atoms with Crippen LogP contribution in [0.5, 0.6) is 0 Å². The normalized spacial score (nSPS) is 15.5. The zero-order chi connectivity index (χ0) is 24.5. The lowest BCUT2D eigenvalue weighted by Crippen LogP contribution is -2.36. The fourth-order valence-electron chi connectivity index (χ4n) is 4.63. The fourth-order valence-corrected chi connectivity index (χ4v) is 4.88. The first kappa shape index (κ1) is 22.8. The molecule has 4 aromatic rings. The number of carbonyl (C=O) groups excluding carboxylic acids is 2. The van der Waals surface area contributed by atoms with Gasteiger partial charge in [-0.2, -0.15) is 0 Å². The van der Waals surface area contributed by atoms with Crippen LogP contribution in [0.3, 0.4) is 0 Å². The first-order valence-corrected chi connectivity index (χ1v) is 11.8. The van der Waals surface area contributed by atoms with Gasteiger partial charge in [-0.3, -0.25) is 19.0 Å². The van der Waals surface area contributed by atoms with E-state index in [1.54, 1.807) is 64.1 Å².